The Morgan fingerprint density at radius 3 is 2.78 bits per heavy atom. The molecule has 1 aromatic carbocycles. The van der Waals surface area contributed by atoms with Crippen molar-refractivity contribution in [2.45, 2.75) is 89.7 Å². The summed E-state index contributed by atoms with van der Waals surface area (Å²) in [6, 6.07) is 6.80. The Labute approximate surface area is 192 Å². The molecule has 1 aliphatic rings. The number of methoxy groups -OCH3 is 1. The van der Waals surface area contributed by atoms with Crippen molar-refractivity contribution in [1.29, 1.82) is 0 Å². The Bertz CT molecular complexity index is 883. The van der Waals surface area contributed by atoms with Crippen LogP contribution in [0, 0.1) is 0 Å². The van der Waals surface area contributed by atoms with Crippen molar-refractivity contribution in [3.05, 3.63) is 47.8 Å². The minimum atomic E-state index is -0.605. The summed E-state index contributed by atoms with van der Waals surface area (Å²) in [6.07, 6.45) is 19.1. The van der Waals surface area contributed by atoms with Crippen LogP contribution in [0.15, 0.2) is 36.7 Å². The molecular weight excluding hydrogens is 400 g/mol. The lowest BCUT2D eigenvalue weighted by Gasteiger charge is -2.15. The fourth-order valence-electron chi connectivity index (χ4n) is 4.00. The van der Waals surface area contributed by atoms with Gasteiger partial charge in [0.05, 0.1) is 25.5 Å². The Balaban J connectivity index is 1.70. The lowest BCUT2D eigenvalue weighted by molar-refractivity contribution is -0.140. The van der Waals surface area contributed by atoms with Crippen LogP contribution in [-0.4, -0.2) is 28.0 Å². The number of carbonyl (C=O) groups excluding carboxylic acids is 1. The molecular formula is C27H38N2O3. The van der Waals surface area contributed by atoms with Crippen LogP contribution >= 0.6 is 0 Å². The van der Waals surface area contributed by atoms with Crippen LogP contribution in [0.2, 0.25) is 0 Å². The molecule has 1 fully saturated rings. The summed E-state index contributed by atoms with van der Waals surface area (Å²) in [5.41, 5.74) is 4.18. The first-order chi connectivity index (χ1) is 15.6. The van der Waals surface area contributed by atoms with Crippen LogP contribution in [0.25, 0.3) is 17.2 Å². The molecule has 0 saturated heterocycles. The summed E-state index contributed by atoms with van der Waals surface area (Å²) >= 11 is 0. The number of carbonyl (C=O) groups is 1. The normalized spacial score (nSPS) is 14.7. The standard InChI is InChI=1S/C27H38N2O3/c1-3-4-5-6-7-8-9-11-22-18-21(23-19-28-29(20-23)24-15-16-24)14-17-25(22)26(30)12-10-13-27(31)32-2/h9,11,14,17-20,24,26,30H,3-8,10,12-13,15-16H2,1-2H3/b11-9+. The van der Waals surface area contributed by atoms with E-state index in [-0.39, 0.29) is 5.97 Å². The van der Waals surface area contributed by atoms with Crippen LogP contribution in [-0.2, 0) is 9.53 Å². The topological polar surface area (TPSA) is 64.3 Å². The maximum Gasteiger partial charge on any atom is 0.305 e. The minimum absolute atomic E-state index is 0.233. The molecule has 0 bridgehead atoms. The maximum absolute atomic E-state index is 11.4. The molecule has 5 nitrogen and oxygen atoms in total. The van der Waals surface area contributed by atoms with Gasteiger partial charge in [-0.05, 0) is 61.3 Å². The Hall–Kier alpha value is -2.40. The lowest BCUT2D eigenvalue weighted by Crippen LogP contribution is -2.04. The molecule has 3 rings (SSSR count). The van der Waals surface area contributed by atoms with Gasteiger partial charge in [0.2, 0.25) is 0 Å². The van der Waals surface area contributed by atoms with Gasteiger partial charge >= 0.3 is 5.97 Å². The first-order valence-electron chi connectivity index (χ1n) is 12.2. The smallest absolute Gasteiger partial charge is 0.305 e. The SMILES string of the molecule is CCCCCCC/C=C/c1cc(-c2cnn(C3CC3)c2)ccc1C(O)CCCC(=O)OC. The molecule has 0 radical (unpaired) electrons. The van der Waals surface area contributed by atoms with Crippen molar-refractivity contribution in [2.75, 3.05) is 7.11 Å². The Morgan fingerprint density at radius 2 is 2.03 bits per heavy atom. The molecule has 1 aromatic heterocycles. The van der Waals surface area contributed by atoms with E-state index in [0.717, 1.165) is 28.7 Å². The number of esters is 1. The predicted molar refractivity (Wildman–Crippen MR) is 129 cm³/mol. The fourth-order valence-corrected chi connectivity index (χ4v) is 4.00. The minimum Gasteiger partial charge on any atom is -0.469 e. The summed E-state index contributed by atoms with van der Waals surface area (Å²) in [6.45, 7) is 2.24. The second-order valence-corrected chi connectivity index (χ2v) is 8.87. The van der Waals surface area contributed by atoms with Gasteiger partial charge in [0.25, 0.3) is 0 Å². The molecule has 0 spiro atoms. The maximum atomic E-state index is 11.4. The van der Waals surface area contributed by atoms with Gasteiger partial charge in [0, 0.05) is 18.2 Å². The van der Waals surface area contributed by atoms with E-state index in [2.05, 4.69) is 47.2 Å². The molecule has 1 heterocycles. The van der Waals surface area contributed by atoms with Gasteiger partial charge in [0.15, 0.2) is 0 Å². The summed E-state index contributed by atoms with van der Waals surface area (Å²) in [5, 5.41) is 15.4. The number of hydrogen-bond acceptors (Lipinski definition) is 4. The van der Waals surface area contributed by atoms with Crippen molar-refractivity contribution < 1.29 is 14.6 Å². The highest BCUT2D eigenvalue weighted by Crippen LogP contribution is 2.36. The monoisotopic (exact) mass is 438 g/mol. The molecule has 32 heavy (non-hydrogen) atoms. The zero-order chi connectivity index (χ0) is 22.8. The highest BCUT2D eigenvalue weighted by Gasteiger charge is 2.24. The van der Waals surface area contributed by atoms with E-state index in [1.807, 2.05) is 12.3 Å². The number of aromatic nitrogens is 2. The number of aliphatic hydroxyl groups is 1. The van der Waals surface area contributed by atoms with Crippen LogP contribution in [0.5, 0.6) is 0 Å². The van der Waals surface area contributed by atoms with Crippen molar-refractivity contribution >= 4 is 12.0 Å². The second-order valence-electron chi connectivity index (χ2n) is 8.87. The van der Waals surface area contributed by atoms with Gasteiger partial charge in [-0.25, -0.2) is 0 Å². The Kier molecular flexibility index (Phi) is 9.54. The average Bonchev–Trinajstić information content (AvgIpc) is 3.54. The molecule has 5 heteroatoms. The van der Waals surface area contributed by atoms with Gasteiger partial charge < -0.3 is 9.84 Å². The van der Waals surface area contributed by atoms with Crippen molar-refractivity contribution in [3.8, 4) is 11.1 Å². The summed E-state index contributed by atoms with van der Waals surface area (Å²) < 4.78 is 6.78. The van der Waals surface area contributed by atoms with E-state index in [1.165, 1.54) is 52.1 Å². The average molecular weight is 439 g/mol. The van der Waals surface area contributed by atoms with E-state index in [0.29, 0.717) is 25.3 Å². The van der Waals surface area contributed by atoms with Crippen molar-refractivity contribution in [2.24, 2.45) is 0 Å². The molecule has 2 aromatic rings. The quantitative estimate of drug-likeness (QED) is 0.265. The first-order valence-corrected chi connectivity index (χ1v) is 12.2. The fraction of sp³-hybridized carbons (Fsp3) is 0.556. The van der Waals surface area contributed by atoms with E-state index in [1.54, 1.807) is 0 Å². The van der Waals surface area contributed by atoms with Crippen LogP contribution < -0.4 is 0 Å². The third kappa shape index (κ3) is 7.33. The largest absolute Gasteiger partial charge is 0.469 e. The van der Waals surface area contributed by atoms with E-state index in [4.69, 9.17) is 4.74 Å². The molecule has 1 N–H and O–H groups in total. The number of nitrogens with zero attached hydrogens (tertiary/aromatic N) is 2. The Morgan fingerprint density at radius 1 is 1.22 bits per heavy atom. The lowest BCUT2D eigenvalue weighted by atomic mass is 9.94. The number of aliphatic hydroxyl groups excluding tert-OH is 1. The van der Waals surface area contributed by atoms with E-state index in [9.17, 15) is 9.90 Å². The van der Waals surface area contributed by atoms with E-state index >= 15 is 0 Å². The number of unbranched alkanes of at least 4 members (excludes halogenated alkanes) is 5. The second kappa shape index (κ2) is 12.6. The van der Waals surface area contributed by atoms with Gasteiger partial charge in [-0.15, -0.1) is 0 Å². The zero-order valence-corrected chi connectivity index (χ0v) is 19.6. The molecule has 1 aliphatic carbocycles. The third-order valence-corrected chi connectivity index (χ3v) is 6.16. The number of hydrogen-bond donors (Lipinski definition) is 1. The molecule has 174 valence electrons. The van der Waals surface area contributed by atoms with Crippen LogP contribution in [0.4, 0.5) is 0 Å². The molecule has 1 atom stereocenters. The highest BCUT2D eigenvalue weighted by atomic mass is 16.5. The number of benzene rings is 1. The number of rotatable bonds is 14. The van der Waals surface area contributed by atoms with Gasteiger partial charge in [-0.3, -0.25) is 9.48 Å². The predicted octanol–water partition coefficient (Wildman–Crippen LogP) is 6.64. The van der Waals surface area contributed by atoms with Gasteiger partial charge in [-0.2, -0.15) is 5.10 Å². The van der Waals surface area contributed by atoms with Crippen LogP contribution in [0.1, 0.15) is 101 Å². The molecule has 0 aliphatic heterocycles. The van der Waals surface area contributed by atoms with Crippen molar-refractivity contribution in [1.82, 2.24) is 9.78 Å². The van der Waals surface area contributed by atoms with E-state index < -0.39 is 6.10 Å². The zero-order valence-electron chi connectivity index (χ0n) is 19.6. The third-order valence-electron chi connectivity index (χ3n) is 6.16. The van der Waals surface area contributed by atoms with Gasteiger partial charge in [0.1, 0.15) is 0 Å². The highest BCUT2D eigenvalue weighted by molar-refractivity contribution is 5.69. The summed E-state index contributed by atoms with van der Waals surface area (Å²) in [7, 11) is 1.40. The molecule has 1 unspecified atom stereocenters. The number of allylic oxidation sites excluding steroid dienone is 1. The van der Waals surface area contributed by atoms with Crippen LogP contribution in [0.3, 0.4) is 0 Å². The summed E-state index contributed by atoms with van der Waals surface area (Å²) in [4.78, 5) is 11.4. The first kappa shape index (κ1) is 24.2. The molecule has 1 saturated carbocycles. The van der Waals surface area contributed by atoms with Gasteiger partial charge in [-0.1, -0.05) is 56.9 Å². The molecule has 0 amide bonds. The summed E-state index contributed by atoms with van der Waals surface area (Å²) in [5.74, 6) is -0.233. The van der Waals surface area contributed by atoms with Crippen molar-refractivity contribution in [3.63, 3.8) is 0 Å². The number of ether oxygens (including phenoxy) is 1.